The average Bonchev–Trinajstić information content (AvgIpc) is 2.34. The average molecular weight is 253 g/mol. The van der Waals surface area contributed by atoms with Crippen LogP contribution in [0.1, 0.15) is 13.8 Å². The van der Waals surface area contributed by atoms with Gasteiger partial charge < -0.3 is 21.1 Å². The highest BCUT2D eigenvalue weighted by molar-refractivity contribution is 5.79. The van der Waals surface area contributed by atoms with Crippen molar-refractivity contribution in [2.75, 3.05) is 30.5 Å². The van der Waals surface area contributed by atoms with Crippen LogP contribution in [0.15, 0.2) is 6.07 Å². The van der Waals surface area contributed by atoms with Gasteiger partial charge in [0.1, 0.15) is 17.7 Å². The van der Waals surface area contributed by atoms with E-state index >= 15 is 0 Å². The summed E-state index contributed by atoms with van der Waals surface area (Å²) >= 11 is 0. The van der Waals surface area contributed by atoms with Gasteiger partial charge in [-0.05, 0) is 5.92 Å². The van der Waals surface area contributed by atoms with E-state index in [9.17, 15) is 4.79 Å². The van der Waals surface area contributed by atoms with Crippen LogP contribution in [0, 0.1) is 5.92 Å². The second-order valence-corrected chi connectivity index (χ2v) is 4.14. The maximum atomic E-state index is 11.6. The monoisotopic (exact) mass is 253 g/mol. The Bertz CT molecular complexity index is 422. The van der Waals surface area contributed by atoms with E-state index in [0.717, 1.165) is 0 Å². The van der Waals surface area contributed by atoms with Crippen LogP contribution in [0.25, 0.3) is 0 Å². The molecule has 0 bridgehead atoms. The Kier molecular flexibility index (Phi) is 4.70. The first-order chi connectivity index (χ1) is 8.47. The zero-order valence-corrected chi connectivity index (χ0v) is 11.0. The van der Waals surface area contributed by atoms with Crippen LogP contribution in [0.3, 0.4) is 0 Å². The fourth-order valence-corrected chi connectivity index (χ4v) is 1.45. The molecular formula is C11H19N5O2. The van der Waals surface area contributed by atoms with Gasteiger partial charge in [-0.1, -0.05) is 13.8 Å². The minimum Gasteiger partial charge on any atom is -0.467 e. The quantitative estimate of drug-likeness (QED) is 0.664. The zero-order chi connectivity index (χ0) is 13.7. The number of aromatic nitrogens is 2. The van der Waals surface area contributed by atoms with E-state index in [2.05, 4.69) is 20.6 Å². The molecule has 4 N–H and O–H groups in total. The number of ether oxygens (including phenoxy) is 1. The highest BCUT2D eigenvalue weighted by Crippen LogP contribution is 2.16. The first-order valence-electron chi connectivity index (χ1n) is 5.64. The number of nitrogens with zero attached hydrogens (tertiary/aromatic N) is 2. The second-order valence-electron chi connectivity index (χ2n) is 4.14. The van der Waals surface area contributed by atoms with Crippen molar-refractivity contribution in [3.8, 4) is 0 Å². The number of rotatable bonds is 5. The van der Waals surface area contributed by atoms with Crippen molar-refractivity contribution in [3.05, 3.63) is 6.07 Å². The number of carbonyl (C=O) groups excluding carboxylic acids is 1. The van der Waals surface area contributed by atoms with Crippen molar-refractivity contribution in [1.82, 2.24) is 9.97 Å². The first kappa shape index (κ1) is 14.0. The number of methoxy groups -OCH3 is 1. The number of hydrogen-bond donors (Lipinski definition) is 3. The Morgan fingerprint density at radius 1 is 1.39 bits per heavy atom. The predicted octanol–water partition coefficient (Wildman–Crippen LogP) is 0.710. The number of anilines is 3. The van der Waals surface area contributed by atoms with E-state index in [0.29, 0.717) is 11.6 Å². The van der Waals surface area contributed by atoms with Crippen molar-refractivity contribution in [1.29, 1.82) is 0 Å². The van der Waals surface area contributed by atoms with Crippen LogP contribution >= 0.6 is 0 Å². The summed E-state index contributed by atoms with van der Waals surface area (Å²) in [5.41, 5.74) is 5.58. The summed E-state index contributed by atoms with van der Waals surface area (Å²) in [6, 6.07) is 1.20. The molecule has 0 saturated heterocycles. The van der Waals surface area contributed by atoms with Gasteiger partial charge in [-0.25, -0.2) is 4.79 Å². The largest absolute Gasteiger partial charge is 0.467 e. The molecule has 0 aliphatic rings. The summed E-state index contributed by atoms with van der Waals surface area (Å²) in [5.74, 6) is 0.921. The Balaban J connectivity index is 2.93. The Hall–Kier alpha value is -2.05. The molecule has 0 amide bonds. The van der Waals surface area contributed by atoms with Gasteiger partial charge in [0.2, 0.25) is 5.95 Å². The van der Waals surface area contributed by atoms with Crippen LogP contribution in [0.5, 0.6) is 0 Å². The fraction of sp³-hybridized carbons (Fsp3) is 0.545. The standard InChI is InChI=1S/C11H19N5O2/c1-6(2)9(10(17)18-4)14-8-5-7(13-3)15-11(12)16-8/h5-6,9H,1-4H3,(H4,12,13,14,15,16). The van der Waals surface area contributed by atoms with E-state index in [-0.39, 0.29) is 17.8 Å². The maximum absolute atomic E-state index is 11.6. The van der Waals surface area contributed by atoms with Gasteiger partial charge in [0.25, 0.3) is 0 Å². The number of hydrogen-bond acceptors (Lipinski definition) is 7. The van der Waals surface area contributed by atoms with Crippen molar-refractivity contribution < 1.29 is 9.53 Å². The Morgan fingerprint density at radius 3 is 2.50 bits per heavy atom. The molecule has 0 fully saturated rings. The molecule has 1 heterocycles. The van der Waals surface area contributed by atoms with Crippen molar-refractivity contribution in [3.63, 3.8) is 0 Å². The lowest BCUT2D eigenvalue weighted by atomic mass is 10.0. The molecule has 100 valence electrons. The Morgan fingerprint density at radius 2 is 2.00 bits per heavy atom. The van der Waals surface area contributed by atoms with Crippen molar-refractivity contribution in [2.24, 2.45) is 5.92 Å². The molecule has 18 heavy (non-hydrogen) atoms. The molecule has 1 aromatic rings. The third kappa shape index (κ3) is 3.47. The van der Waals surface area contributed by atoms with Gasteiger partial charge in [-0.15, -0.1) is 0 Å². The van der Waals surface area contributed by atoms with Crippen LogP contribution in [0.4, 0.5) is 17.6 Å². The summed E-state index contributed by atoms with van der Waals surface area (Å²) in [7, 11) is 3.08. The van der Waals surface area contributed by atoms with Crippen LogP contribution < -0.4 is 16.4 Å². The minimum absolute atomic E-state index is 0.0617. The smallest absolute Gasteiger partial charge is 0.328 e. The Labute approximate surface area is 106 Å². The van der Waals surface area contributed by atoms with E-state index in [4.69, 9.17) is 10.5 Å². The van der Waals surface area contributed by atoms with Gasteiger partial charge in [0.05, 0.1) is 7.11 Å². The number of nitrogens with one attached hydrogen (secondary N) is 2. The highest BCUT2D eigenvalue weighted by atomic mass is 16.5. The fourth-order valence-electron chi connectivity index (χ4n) is 1.45. The molecule has 7 heteroatoms. The SMILES string of the molecule is CNc1cc(NC(C(=O)OC)C(C)C)nc(N)n1. The third-order valence-corrected chi connectivity index (χ3v) is 2.42. The van der Waals surface area contributed by atoms with E-state index in [1.165, 1.54) is 7.11 Å². The molecule has 1 rings (SSSR count). The molecule has 0 aromatic carbocycles. The minimum atomic E-state index is -0.478. The highest BCUT2D eigenvalue weighted by Gasteiger charge is 2.23. The molecule has 0 saturated carbocycles. The summed E-state index contributed by atoms with van der Waals surface area (Å²) in [4.78, 5) is 19.6. The molecule has 0 aliphatic heterocycles. The summed E-state index contributed by atoms with van der Waals surface area (Å²) in [5, 5.41) is 5.87. The van der Waals surface area contributed by atoms with E-state index in [1.807, 2.05) is 13.8 Å². The molecule has 0 aliphatic carbocycles. The van der Waals surface area contributed by atoms with Gasteiger partial charge in [0.15, 0.2) is 0 Å². The van der Waals surface area contributed by atoms with Crippen LogP contribution in [-0.4, -0.2) is 36.1 Å². The van der Waals surface area contributed by atoms with Crippen LogP contribution in [0.2, 0.25) is 0 Å². The number of esters is 1. The van der Waals surface area contributed by atoms with Crippen molar-refractivity contribution >= 4 is 23.6 Å². The van der Waals surface area contributed by atoms with Crippen molar-refractivity contribution in [2.45, 2.75) is 19.9 Å². The molecule has 0 spiro atoms. The molecule has 1 atom stereocenters. The van der Waals surface area contributed by atoms with Gasteiger partial charge in [-0.3, -0.25) is 0 Å². The predicted molar refractivity (Wildman–Crippen MR) is 70.3 cm³/mol. The molecule has 0 radical (unpaired) electrons. The van der Waals surface area contributed by atoms with Gasteiger partial charge in [-0.2, -0.15) is 9.97 Å². The third-order valence-electron chi connectivity index (χ3n) is 2.42. The summed E-state index contributed by atoms with van der Waals surface area (Å²) < 4.78 is 4.74. The topological polar surface area (TPSA) is 102 Å². The number of carbonyl (C=O) groups is 1. The first-order valence-corrected chi connectivity index (χ1v) is 5.64. The lowest BCUT2D eigenvalue weighted by Crippen LogP contribution is -2.35. The lowest BCUT2D eigenvalue weighted by molar-refractivity contribution is -0.142. The second kappa shape index (κ2) is 6.04. The van der Waals surface area contributed by atoms with Gasteiger partial charge in [0, 0.05) is 13.1 Å². The molecule has 7 nitrogen and oxygen atoms in total. The normalized spacial score (nSPS) is 12.1. The van der Waals surface area contributed by atoms with E-state index < -0.39 is 6.04 Å². The molecular weight excluding hydrogens is 234 g/mol. The molecule has 1 aromatic heterocycles. The number of nitrogens with two attached hydrogens (primary N) is 1. The maximum Gasteiger partial charge on any atom is 0.328 e. The summed E-state index contributed by atoms with van der Waals surface area (Å²) in [6.07, 6.45) is 0. The molecule has 1 unspecified atom stereocenters. The van der Waals surface area contributed by atoms with E-state index in [1.54, 1.807) is 13.1 Å². The lowest BCUT2D eigenvalue weighted by Gasteiger charge is -2.20. The van der Waals surface area contributed by atoms with Gasteiger partial charge >= 0.3 is 5.97 Å². The zero-order valence-electron chi connectivity index (χ0n) is 11.0. The van der Waals surface area contributed by atoms with Crippen LogP contribution in [-0.2, 0) is 9.53 Å². The summed E-state index contributed by atoms with van der Waals surface area (Å²) in [6.45, 7) is 3.83. The number of nitrogen functional groups attached to an aromatic ring is 1.